The van der Waals surface area contributed by atoms with E-state index >= 15 is 0 Å². The predicted molar refractivity (Wildman–Crippen MR) is 75.8 cm³/mol. The first kappa shape index (κ1) is 13.1. The summed E-state index contributed by atoms with van der Waals surface area (Å²) >= 11 is 0. The van der Waals surface area contributed by atoms with E-state index in [1.54, 1.807) is 18.2 Å². The number of nitrogens with two attached hydrogens (primary N) is 1. The Morgan fingerprint density at radius 2 is 1.90 bits per heavy atom. The van der Waals surface area contributed by atoms with E-state index in [0.29, 0.717) is 12.2 Å². The van der Waals surface area contributed by atoms with Gasteiger partial charge in [0.1, 0.15) is 11.6 Å². The van der Waals surface area contributed by atoms with E-state index in [4.69, 9.17) is 10.6 Å². The number of rotatable bonds is 3. The summed E-state index contributed by atoms with van der Waals surface area (Å²) in [6, 6.07) is 12.2. The molecule has 0 aromatic heterocycles. The van der Waals surface area contributed by atoms with Crippen molar-refractivity contribution in [1.29, 1.82) is 0 Å². The zero-order chi connectivity index (χ0) is 13.9. The predicted octanol–water partition coefficient (Wildman–Crippen LogP) is 2.70. The van der Waals surface area contributed by atoms with E-state index in [-0.39, 0.29) is 5.82 Å². The third-order valence-corrected chi connectivity index (χ3v) is 3.66. The molecule has 1 aliphatic heterocycles. The summed E-state index contributed by atoms with van der Waals surface area (Å²) in [5.74, 6) is 6.23. The smallest absolute Gasteiger partial charge is 0.128 e. The van der Waals surface area contributed by atoms with Gasteiger partial charge in [0, 0.05) is 11.1 Å². The third kappa shape index (κ3) is 2.28. The molecule has 0 bridgehead atoms. The number of fused-ring (bicyclic) bond motifs is 1. The molecule has 1 atom stereocenters. The first-order valence-electron chi connectivity index (χ1n) is 6.76. The number of halogens is 1. The van der Waals surface area contributed by atoms with E-state index in [1.165, 1.54) is 6.07 Å². The fraction of sp³-hybridized carbons (Fsp3) is 0.250. The van der Waals surface area contributed by atoms with Crippen LogP contribution in [0, 0.1) is 5.82 Å². The molecule has 2 aromatic carbocycles. The molecule has 3 N–H and O–H groups in total. The summed E-state index contributed by atoms with van der Waals surface area (Å²) in [7, 11) is 0. The minimum Gasteiger partial charge on any atom is -0.493 e. The number of ether oxygens (including phenoxy) is 1. The van der Waals surface area contributed by atoms with Gasteiger partial charge in [-0.1, -0.05) is 36.4 Å². The number of hydrogen-bond acceptors (Lipinski definition) is 3. The zero-order valence-corrected chi connectivity index (χ0v) is 11.1. The number of benzene rings is 2. The van der Waals surface area contributed by atoms with Gasteiger partial charge in [-0.25, -0.2) is 9.82 Å². The first-order valence-corrected chi connectivity index (χ1v) is 6.76. The number of para-hydroxylation sites is 1. The molecular weight excluding hydrogens is 255 g/mol. The average molecular weight is 272 g/mol. The van der Waals surface area contributed by atoms with E-state index in [1.807, 2.05) is 18.2 Å². The summed E-state index contributed by atoms with van der Waals surface area (Å²) in [5.41, 5.74) is 5.27. The van der Waals surface area contributed by atoms with Gasteiger partial charge in [0.05, 0.1) is 12.6 Å². The number of nitrogens with one attached hydrogen (secondary N) is 1. The lowest BCUT2D eigenvalue weighted by molar-refractivity contribution is 0.283. The van der Waals surface area contributed by atoms with Crippen LogP contribution < -0.4 is 16.0 Å². The third-order valence-electron chi connectivity index (χ3n) is 3.66. The molecule has 2 aromatic rings. The van der Waals surface area contributed by atoms with Crippen molar-refractivity contribution in [3.8, 4) is 5.75 Å². The van der Waals surface area contributed by atoms with Crippen molar-refractivity contribution in [1.82, 2.24) is 5.43 Å². The topological polar surface area (TPSA) is 47.3 Å². The van der Waals surface area contributed by atoms with Crippen molar-refractivity contribution in [2.24, 2.45) is 5.84 Å². The number of hydrazine groups is 1. The highest BCUT2D eigenvalue weighted by Crippen LogP contribution is 2.35. The molecule has 0 fully saturated rings. The molecule has 0 amide bonds. The Morgan fingerprint density at radius 1 is 1.10 bits per heavy atom. The van der Waals surface area contributed by atoms with Gasteiger partial charge in [-0.15, -0.1) is 0 Å². The van der Waals surface area contributed by atoms with E-state index < -0.39 is 6.04 Å². The second-order valence-corrected chi connectivity index (χ2v) is 4.91. The van der Waals surface area contributed by atoms with Crippen molar-refractivity contribution >= 4 is 0 Å². The number of aryl methyl sites for hydroxylation is 1. The first-order chi connectivity index (χ1) is 9.81. The van der Waals surface area contributed by atoms with Gasteiger partial charge in [0.25, 0.3) is 0 Å². The molecule has 1 aliphatic rings. The van der Waals surface area contributed by atoms with Gasteiger partial charge < -0.3 is 4.74 Å². The van der Waals surface area contributed by atoms with E-state index in [2.05, 4.69) is 5.43 Å². The largest absolute Gasteiger partial charge is 0.493 e. The highest BCUT2D eigenvalue weighted by molar-refractivity contribution is 5.47. The fourth-order valence-electron chi connectivity index (χ4n) is 2.70. The zero-order valence-electron chi connectivity index (χ0n) is 11.1. The van der Waals surface area contributed by atoms with Gasteiger partial charge in [0.2, 0.25) is 0 Å². The highest BCUT2D eigenvalue weighted by Gasteiger charge is 2.23. The monoisotopic (exact) mass is 272 g/mol. The van der Waals surface area contributed by atoms with Crippen LogP contribution in [0.1, 0.15) is 29.2 Å². The Bertz CT molecular complexity index is 615. The van der Waals surface area contributed by atoms with Crippen LogP contribution in [-0.2, 0) is 6.42 Å². The quantitative estimate of drug-likeness (QED) is 0.667. The Kier molecular flexibility index (Phi) is 3.67. The second-order valence-electron chi connectivity index (χ2n) is 4.91. The van der Waals surface area contributed by atoms with E-state index in [0.717, 1.165) is 29.7 Å². The Hall–Kier alpha value is -1.91. The van der Waals surface area contributed by atoms with Crippen LogP contribution in [0.4, 0.5) is 4.39 Å². The van der Waals surface area contributed by atoms with Crippen molar-refractivity contribution in [3.05, 3.63) is 65.0 Å². The van der Waals surface area contributed by atoms with Crippen LogP contribution >= 0.6 is 0 Å². The van der Waals surface area contributed by atoms with Crippen molar-refractivity contribution in [2.75, 3.05) is 6.61 Å². The molecule has 4 heteroatoms. The van der Waals surface area contributed by atoms with Crippen LogP contribution in [0.25, 0.3) is 0 Å². The Balaban J connectivity index is 2.09. The summed E-state index contributed by atoms with van der Waals surface area (Å²) < 4.78 is 19.8. The molecule has 104 valence electrons. The second kappa shape index (κ2) is 5.61. The molecule has 1 heterocycles. The molecule has 1 unspecified atom stereocenters. The molecule has 0 aliphatic carbocycles. The molecular formula is C16H17FN2O. The van der Waals surface area contributed by atoms with Crippen LogP contribution in [-0.4, -0.2) is 6.61 Å². The van der Waals surface area contributed by atoms with Crippen molar-refractivity contribution in [2.45, 2.75) is 18.9 Å². The fourth-order valence-corrected chi connectivity index (χ4v) is 2.70. The van der Waals surface area contributed by atoms with E-state index in [9.17, 15) is 4.39 Å². The average Bonchev–Trinajstić information content (AvgIpc) is 2.50. The summed E-state index contributed by atoms with van der Waals surface area (Å²) in [6.45, 7) is 0.693. The Labute approximate surface area is 117 Å². The standard InChI is InChI=1S/C16H17FN2O/c17-14-9-2-1-7-12(14)15(19-18)13-8-3-5-11-6-4-10-20-16(11)13/h1-3,5,7-9,15,19H,4,6,10,18H2. The lowest BCUT2D eigenvalue weighted by Crippen LogP contribution is -2.30. The lowest BCUT2D eigenvalue weighted by Gasteiger charge is -2.25. The molecule has 0 saturated carbocycles. The van der Waals surface area contributed by atoms with Crippen LogP contribution in [0.15, 0.2) is 42.5 Å². The van der Waals surface area contributed by atoms with Gasteiger partial charge in [-0.3, -0.25) is 5.84 Å². The molecule has 0 radical (unpaired) electrons. The van der Waals surface area contributed by atoms with Crippen molar-refractivity contribution in [3.63, 3.8) is 0 Å². The SMILES string of the molecule is NNC(c1ccccc1F)c1cccc2c1OCCC2. The molecule has 3 nitrogen and oxygen atoms in total. The summed E-state index contributed by atoms with van der Waals surface area (Å²) in [6.07, 6.45) is 1.99. The molecule has 0 saturated heterocycles. The molecule has 3 rings (SSSR count). The summed E-state index contributed by atoms with van der Waals surface area (Å²) in [4.78, 5) is 0. The molecule has 0 spiro atoms. The molecule has 20 heavy (non-hydrogen) atoms. The van der Waals surface area contributed by atoms with Crippen LogP contribution in [0.5, 0.6) is 5.75 Å². The Morgan fingerprint density at radius 3 is 2.70 bits per heavy atom. The van der Waals surface area contributed by atoms with Gasteiger partial charge in [-0.2, -0.15) is 0 Å². The minimum absolute atomic E-state index is 0.274. The minimum atomic E-state index is -0.413. The maximum atomic E-state index is 14.0. The normalized spacial score (nSPS) is 15.3. The number of hydrogen-bond donors (Lipinski definition) is 2. The van der Waals surface area contributed by atoms with Gasteiger partial charge in [-0.05, 0) is 24.5 Å². The van der Waals surface area contributed by atoms with Gasteiger partial charge in [0.15, 0.2) is 0 Å². The van der Waals surface area contributed by atoms with Gasteiger partial charge >= 0.3 is 0 Å². The highest BCUT2D eigenvalue weighted by atomic mass is 19.1. The van der Waals surface area contributed by atoms with Crippen LogP contribution in [0.3, 0.4) is 0 Å². The van der Waals surface area contributed by atoms with Crippen molar-refractivity contribution < 1.29 is 9.13 Å². The maximum absolute atomic E-state index is 14.0. The van der Waals surface area contributed by atoms with Crippen LogP contribution in [0.2, 0.25) is 0 Å². The lowest BCUT2D eigenvalue weighted by atomic mass is 9.94. The maximum Gasteiger partial charge on any atom is 0.128 e. The summed E-state index contributed by atoms with van der Waals surface area (Å²) in [5, 5.41) is 0.